The molecule has 0 radical (unpaired) electrons. The Hall–Kier alpha value is -0.860. The third-order valence-electron chi connectivity index (χ3n) is 3.87. The van der Waals surface area contributed by atoms with Gasteiger partial charge in [-0.2, -0.15) is 0 Å². The number of nitrogens with zero attached hydrogens (tertiary/aromatic N) is 1. The van der Waals surface area contributed by atoms with Crippen LogP contribution in [0.1, 0.15) is 25.3 Å². The van der Waals surface area contributed by atoms with Crippen LogP contribution in [0.2, 0.25) is 0 Å². The van der Waals surface area contributed by atoms with Crippen LogP contribution >= 0.6 is 0 Å². The number of hydrogen-bond acceptors (Lipinski definition) is 2. The predicted molar refractivity (Wildman–Crippen MR) is 66.2 cm³/mol. The highest BCUT2D eigenvalue weighted by atomic mass is 16.3. The van der Waals surface area contributed by atoms with Crippen LogP contribution in [-0.2, 0) is 5.60 Å². The van der Waals surface area contributed by atoms with Gasteiger partial charge in [0, 0.05) is 0 Å². The minimum absolute atomic E-state index is 0.381. The summed E-state index contributed by atoms with van der Waals surface area (Å²) in [5.41, 5.74) is 0.368. The van der Waals surface area contributed by atoms with Crippen molar-refractivity contribution in [2.24, 2.45) is 5.92 Å². The Morgan fingerprint density at radius 2 is 1.75 bits per heavy atom. The van der Waals surface area contributed by atoms with E-state index in [9.17, 15) is 5.11 Å². The van der Waals surface area contributed by atoms with Gasteiger partial charge in [-0.1, -0.05) is 30.3 Å². The van der Waals surface area contributed by atoms with E-state index >= 15 is 0 Å². The molecule has 0 amide bonds. The van der Waals surface area contributed by atoms with Crippen LogP contribution in [0, 0.1) is 5.92 Å². The summed E-state index contributed by atoms with van der Waals surface area (Å²) in [6.45, 7) is 4.14. The lowest BCUT2D eigenvalue weighted by molar-refractivity contribution is -0.0302. The zero-order valence-electron chi connectivity index (χ0n) is 10.2. The molecule has 0 bridgehead atoms. The van der Waals surface area contributed by atoms with Gasteiger partial charge in [0.1, 0.15) is 0 Å². The number of hydrogen-bond donors (Lipinski definition) is 1. The average molecular weight is 219 g/mol. The molecule has 1 unspecified atom stereocenters. The Morgan fingerprint density at radius 3 is 2.31 bits per heavy atom. The lowest BCUT2D eigenvalue weighted by Crippen LogP contribution is -2.40. The molecule has 1 saturated heterocycles. The largest absolute Gasteiger partial charge is 0.385 e. The van der Waals surface area contributed by atoms with Crippen LogP contribution in [0.4, 0.5) is 0 Å². The van der Waals surface area contributed by atoms with Crippen molar-refractivity contribution in [3.8, 4) is 0 Å². The summed E-state index contributed by atoms with van der Waals surface area (Å²) in [4.78, 5) is 2.33. The second-order valence-corrected chi connectivity index (χ2v) is 5.09. The number of likely N-dealkylation sites (tertiary alicyclic amines) is 1. The first-order valence-corrected chi connectivity index (χ1v) is 6.07. The molecule has 2 rings (SSSR count). The van der Waals surface area contributed by atoms with Gasteiger partial charge in [-0.05, 0) is 51.4 Å². The Morgan fingerprint density at radius 1 is 1.19 bits per heavy atom. The SMILES string of the molecule is CN1CCC(C(C)(O)c2ccccc2)CC1. The highest BCUT2D eigenvalue weighted by Gasteiger charge is 2.35. The molecule has 0 spiro atoms. The first-order chi connectivity index (χ1) is 7.60. The molecular formula is C14H21NO. The molecule has 88 valence electrons. The molecule has 1 atom stereocenters. The molecule has 1 aromatic rings. The number of benzene rings is 1. The first kappa shape index (κ1) is 11.6. The highest BCUT2D eigenvalue weighted by Crippen LogP contribution is 2.35. The summed E-state index contributed by atoms with van der Waals surface area (Å²) in [5, 5.41) is 10.7. The van der Waals surface area contributed by atoms with Crippen molar-refractivity contribution < 1.29 is 5.11 Å². The van der Waals surface area contributed by atoms with E-state index in [1.54, 1.807) is 0 Å². The molecule has 1 N–H and O–H groups in total. The third-order valence-corrected chi connectivity index (χ3v) is 3.87. The fraction of sp³-hybridized carbons (Fsp3) is 0.571. The summed E-state index contributed by atoms with van der Waals surface area (Å²) in [6.07, 6.45) is 2.16. The molecule has 0 aromatic heterocycles. The van der Waals surface area contributed by atoms with Crippen molar-refractivity contribution in [1.29, 1.82) is 0 Å². The first-order valence-electron chi connectivity index (χ1n) is 6.07. The fourth-order valence-corrected chi connectivity index (χ4v) is 2.58. The lowest BCUT2D eigenvalue weighted by Gasteiger charge is -2.38. The minimum Gasteiger partial charge on any atom is -0.385 e. The maximum Gasteiger partial charge on any atom is 0.0897 e. The van der Waals surface area contributed by atoms with Crippen molar-refractivity contribution in [3.63, 3.8) is 0 Å². The molecule has 0 saturated carbocycles. The second-order valence-electron chi connectivity index (χ2n) is 5.09. The molecule has 2 nitrogen and oxygen atoms in total. The molecule has 0 aliphatic carbocycles. The second kappa shape index (κ2) is 4.56. The molecular weight excluding hydrogens is 198 g/mol. The van der Waals surface area contributed by atoms with Crippen molar-refractivity contribution in [3.05, 3.63) is 35.9 Å². The Balaban J connectivity index is 2.13. The van der Waals surface area contributed by atoms with Gasteiger partial charge < -0.3 is 10.0 Å². The number of aliphatic hydroxyl groups is 1. The molecule has 2 heteroatoms. The minimum atomic E-state index is -0.678. The summed E-state index contributed by atoms with van der Waals surface area (Å²) < 4.78 is 0. The molecule has 1 aromatic carbocycles. The van der Waals surface area contributed by atoms with Crippen LogP contribution in [0.3, 0.4) is 0 Å². The zero-order valence-corrected chi connectivity index (χ0v) is 10.2. The molecule has 1 heterocycles. The van der Waals surface area contributed by atoms with Gasteiger partial charge in [0.25, 0.3) is 0 Å². The lowest BCUT2D eigenvalue weighted by atomic mass is 9.77. The van der Waals surface area contributed by atoms with E-state index in [0.29, 0.717) is 5.92 Å². The smallest absolute Gasteiger partial charge is 0.0897 e. The molecule has 1 fully saturated rings. The van der Waals surface area contributed by atoms with Gasteiger partial charge in [0.05, 0.1) is 5.60 Å². The van der Waals surface area contributed by atoms with Gasteiger partial charge in [-0.3, -0.25) is 0 Å². The zero-order chi connectivity index (χ0) is 11.6. The van der Waals surface area contributed by atoms with Crippen LogP contribution in [0.25, 0.3) is 0 Å². The standard InChI is InChI=1S/C14H21NO/c1-14(16,12-6-4-3-5-7-12)13-8-10-15(2)11-9-13/h3-7,13,16H,8-11H2,1-2H3. The Kier molecular flexibility index (Phi) is 3.31. The van der Waals surface area contributed by atoms with Crippen LogP contribution in [-0.4, -0.2) is 30.1 Å². The van der Waals surface area contributed by atoms with Crippen molar-refractivity contribution in [2.45, 2.75) is 25.4 Å². The number of piperidine rings is 1. The van der Waals surface area contributed by atoms with Crippen molar-refractivity contribution in [2.75, 3.05) is 20.1 Å². The van der Waals surface area contributed by atoms with E-state index in [-0.39, 0.29) is 0 Å². The Labute approximate surface area is 97.9 Å². The van der Waals surface area contributed by atoms with E-state index in [1.807, 2.05) is 37.3 Å². The Bertz CT molecular complexity index is 326. The normalized spacial score (nSPS) is 22.9. The van der Waals surface area contributed by atoms with E-state index in [1.165, 1.54) is 0 Å². The summed E-state index contributed by atoms with van der Waals surface area (Å²) in [7, 11) is 2.15. The van der Waals surface area contributed by atoms with Gasteiger partial charge >= 0.3 is 0 Å². The molecule has 1 aliphatic rings. The van der Waals surface area contributed by atoms with E-state index < -0.39 is 5.60 Å². The molecule has 1 aliphatic heterocycles. The van der Waals surface area contributed by atoms with Crippen molar-refractivity contribution in [1.82, 2.24) is 4.90 Å². The van der Waals surface area contributed by atoms with E-state index in [0.717, 1.165) is 31.5 Å². The highest BCUT2D eigenvalue weighted by molar-refractivity contribution is 5.22. The molecule has 16 heavy (non-hydrogen) atoms. The maximum atomic E-state index is 10.7. The summed E-state index contributed by atoms with van der Waals surface area (Å²) in [5.74, 6) is 0.381. The van der Waals surface area contributed by atoms with Crippen LogP contribution in [0.15, 0.2) is 30.3 Å². The van der Waals surface area contributed by atoms with Gasteiger partial charge in [0.2, 0.25) is 0 Å². The number of rotatable bonds is 2. The summed E-state index contributed by atoms with van der Waals surface area (Å²) >= 11 is 0. The average Bonchev–Trinajstić information content (AvgIpc) is 2.31. The van der Waals surface area contributed by atoms with E-state index in [2.05, 4.69) is 11.9 Å². The maximum absolute atomic E-state index is 10.7. The quantitative estimate of drug-likeness (QED) is 0.824. The monoisotopic (exact) mass is 219 g/mol. The summed E-state index contributed by atoms with van der Waals surface area (Å²) in [6, 6.07) is 10.0. The van der Waals surface area contributed by atoms with Gasteiger partial charge in [-0.25, -0.2) is 0 Å². The van der Waals surface area contributed by atoms with Crippen LogP contribution in [0.5, 0.6) is 0 Å². The fourth-order valence-electron chi connectivity index (χ4n) is 2.58. The third kappa shape index (κ3) is 2.28. The topological polar surface area (TPSA) is 23.5 Å². The van der Waals surface area contributed by atoms with Gasteiger partial charge in [0.15, 0.2) is 0 Å². The van der Waals surface area contributed by atoms with E-state index in [4.69, 9.17) is 0 Å². The van der Waals surface area contributed by atoms with Gasteiger partial charge in [-0.15, -0.1) is 0 Å². The predicted octanol–water partition coefficient (Wildman–Crippen LogP) is 2.24. The van der Waals surface area contributed by atoms with Crippen LogP contribution < -0.4 is 0 Å². The van der Waals surface area contributed by atoms with Crippen molar-refractivity contribution >= 4 is 0 Å².